The van der Waals surface area contributed by atoms with Crippen LogP contribution in [0.5, 0.6) is 0 Å². The van der Waals surface area contributed by atoms with Gasteiger partial charge >= 0.3 is 5.97 Å². The van der Waals surface area contributed by atoms with E-state index < -0.39 is 40.6 Å². The Morgan fingerprint density at radius 2 is 2.04 bits per heavy atom. The molecule has 0 saturated heterocycles. The number of Topliss-reactive ketones (excluding diaryl/α,β-unsaturated/α-hetero) is 3. The Kier molecular flexibility index (Phi) is 4.82. The van der Waals surface area contributed by atoms with Gasteiger partial charge in [-0.05, 0) is 17.5 Å². The maximum Gasteiger partial charge on any atom is 0.316 e. The third-order valence-electron chi connectivity index (χ3n) is 4.26. The van der Waals surface area contributed by atoms with E-state index in [0.717, 1.165) is 0 Å². The summed E-state index contributed by atoms with van der Waals surface area (Å²) in [5.41, 5.74) is -0.848. The van der Waals surface area contributed by atoms with E-state index >= 15 is 0 Å². The first-order valence-corrected chi connectivity index (χ1v) is 7.47. The Labute approximate surface area is 134 Å². The van der Waals surface area contributed by atoms with Crippen molar-refractivity contribution >= 4 is 23.3 Å². The highest BCUT2D eigenvalue weighted by Gasteiger charge is 2.53. The van der Waals surface area contributed by atoms with E-state index in [1.54, 1.807) is 26.0 Å². The number of carbonyl (C=O) groups is 4. The van der Waals surface area contributed by atoms with E-state index in [1.807, 2.05) is 0 Å². The summed E-state index contributed by atoms with van der Waals surface area (Å²) in [6.45, 7) is 3.32. The summed E-state index contributed by atoms with van der Waals surface area (Å²) in [5, 5.41) is 0. The maximum atomic E-state index is 12.6. The van der Waals surface area contributed by atoms with E-state index in [-0.39, 0.29) is 12.8 Å². The summed E-state index contributed by atoms with van der Waals surface area (Å²) in [4.78, 5) is 49.1. The molecular formula is C17H20O6. The quantitative estimate of drug-likeness (QED) is 0.606. The van der Waals surface area contributed by atoms with Gasteiger partial charge in [-0.25, -0.2) is 0 Å². The number of esters is 1. The molecule has 1 aliphatic rings. The first-order valence-electron chi connectivity index (χ1n) is 7.47. The van der Waals surface area contributed by atoms with Gasteiger partial charge in [0.15, 0.2) is 17.3 Å². The fourth-order valence-corrected chi connectivity index (χ4v) is 3.10. The van der Waals surface area contributed by atoms with E-state index in [2.05, 4.69) is 4.74 Å². The number of ketones is 3. The molecule has 2 unspecified atom stereocenters. The molecule has 0 aromatic carbocycles. The largest absolute Gasteiger partial charge is 0.469 e. The summed E-state index contributed by atoms with van der Waals surface area (Å²) >= 11 is 0. The lowest BCUT2D eigenvalue weighted by molar-refractivity contribution is -0.161. The molecule has 1 fully saturated rings. The lowest BCUT2D eigenvalue weighted by Crippen LogP contribution is -2.52. The molecule has 6 nitrogen and oxygen atoms in total. The van der Waals surface area contributed by atoms with Gasteiger partial charge in [0.2, 0.25) is 0 Å². The van der Waals surface area contributed by atoms with Crippen molar-refractivity contribution in [1.82, 2.24) is 0 Å². The zero-order valence-electron chi connectivity index (χ0n) is 13.5. The van der Waals surface area contributed by atoms with Gasteiger partial charge in [0.25, 0.3) is 0 Å². The van der Waals surface area contributed by atoms with Gasteiger partial charge in [0.1, 0.15) is 17.6 Å². The molecule has 23 heavy (non-hydrogen) atoms. The molecule has 0 radical (unpaired) electrons. The molecule has 1 aliphatic carbocycles. The molecule has 1 saturated carbocycles. The second-order valence-corrected chi connectivity index (χ2v) is 6.47. The molecule has 0 aliphatic heterocycles. The topological polar surface area (TPSA) is 90.7 Å². The van der Waals surface area contributed by atoms with E-state index in [1.165, 1.54) is 13.4 Å². The lowest BCUT2D eigenvalue weighted by atomic mass is 9.63. The van der Waals surface area contributed by atoms with Crippen LogP contribution >= 0.6 is 0 Å². The van der Waals surface area contributed by atoms with Crippen molar-refractivity contribution in [3.8, 4) is 0 Å². The van der Waals surface area contributed by atoms with Crippen molar-refractivity contribution < 1.29 is 28.3 Å². The Morgan fingerprint density at radius 1 is 1.35 bits per heavy atom. The van der Waals surface area contributed by atoms with Crippen LogP contribution in [0, 0.1) is 17.3 Å². The molecule has 1 heterocycles. The van der Waals surface area contributed by atoms with Crippen molar-refractivity contribution in [3.63, 3.8) is 0 Å². The van der Waals surface area contributed by atoms with Crippen LogP contribution in [-0.4, -0.2) is 30.4 Å². The fourth-order valence-electron chi connectivity index (χ4n) is 3.10. The highest BCUT2D eigenvalue weighted by molar-refractivity contribution is 6.25. The SMILES string of the molecule is COC(=O)C1C(=O)C(C(=O)CCc2ccco2)C(=O)CC1(C)C. The molecule has 1 aromatic rings. The van der Waals surface area contributed by atoms with Gasteiger partial charge in [0, 0.05) is 19.3 Å². The predicted octanol–water partition coefficient (Wildman–Crippen LogP) is 1.75. The summed E-state index contributed by atoms with van der Waals surface area (Å²) in [5.74, 6) is -4.10. The highest BCUT2D eigenvalue weighted by atomic mass is 16.5. The van der Waals surface area contributed by atoms with Gasteiger partial charge in [-0.3, -0.25) is 19.2 Å². The molecule has 2 atom stereocenters. The summed E-state index contributed by atoms with van der Waals surface area (Å²) in [6.07, 6.45) is 1.82. The third-order valence-corrected chi connectivity index (χ3v) is 4.26. The lowest BCUT2D eigenvalue weighted by Gasteiger charge is -2.37. The second-order valence-electron chi connectivity index (χ2n) is 6.47. The van der Waals surface area contributed by atoms with Crippen LogP contribution in [0.3, 0.4) is 0 Å². The highest BCUT2D eigenvalue weighted by Crippen LogP contribution is 2.40. The maximum absolute atomic E-state index is 12.6. The van der Waals surface area contributed by atoms with Crippen molar-refractivity contribution in [3.05, 3.63) is 24.2 Å². The predicted molar refractivity (Wildman–Crippen MR) is 79.4 cm³/mol. The van der Waals surface area contributed by atoms with Gasteiger partial charge in [-0.15, -0.1) is 0 Å². The number of methoxy groups -OCH3 is 1. The molecule has 6 heteroatoms. The van der Waals surface area contributed by atoms with Crippen LogP contribution < -0.4 is 0 Å². The first kappa shape index (κ1) is 17.1. The van der Waals surface area contributed by atoms with Crippen molar-refractivity contribution in [2.45, 2.75) is 33.1 Å². The van der Waals surface area contributed by atoms with Gasteiger partial charge < -0.3 is 9.15 Å². The van der Waals surface area contributed by atoms with Crippen molar-refractivity contribution in [2.24, 2.45) is 17.3 Å². The summed E-state index contributed by atoms with van der Waals surface area (Å²) in [7, 11) is 1.19. The number of hydrogen-bond donors (Lipinski definition) is 0. The van der Waals surface area contributed by atoms with Gasteiger partial charge in [-0.1, -0.05) is 13.8 Å². The van der Waals surface area contributed by atoms with E-state index in [4.69, 9.17) is 4.42 Å². The monoisotopic (exact) mass is 320 g/mol. The fraction of sp³-hybridized carbons (Fsp3) is 0.529. The zero-order valence-corrected chi connectivity index (χ0v) is 13.5. The minimum absolute atomic E-state index is 0.00430. The molecule has 0 spiro atoms. The second kappa shape index (κ2) is 6.48. The Hall–Kier alpha value is -2.24. The average molecular weight is 320 g/mol. The Bertz CT molecular complexity index is 626. The van der Waals surface area contributed by atoms with Gasteiger partial charge in [0.05, 0.1) is 13.4 Å². The Morgan fingerprint density at radius 3 is 2.61 bits per heavy atom. The zero-order chi connectivity index (χ0) is 17.2. The van der Waals surface area contributed by atoms with E-state index in [0.29, 0.717) is 12.2 Å². The third kappa shape index (κ3) is 3.41. The number of ether oxygens (including phenoxy) is 1. The Balaban J connectivity index is 2.17. The molecule has 0 amide bonds. The number of aryl methyl sites for hydroxylation is 1. The van der Waals surface area contributed by atoms with Crippen LogP contribution in [0.25, 0.3) is 0 Å². The minimum Gasteiger partial charge on any atom is -0.469 e. The van der Waals surface area contributed by atoms with Crippen LogP contribution in [-0.2, 0) is 30.3 Å². The van der Waals surface area contributed by atoms with Crippen molar-refractivity contribution in [2.75, 3.05) is 7.11 Å². The smallest absolute Gasteiger partial charge is 0.316 e. The van der Waals surface area contributed by atoms with Crippen LogP contribution in [0.4, 0.5) is 0 Å². The van der Waals surface area contributed by atoms with E-state index in [9.17, 15) is 19.2 Å². The molecule has 124 valence electrons. The standard InChI is InChI=1S/C17H20O6/c1-17(2)9-12(19)13(15(20)14(17)16(21)22-3)11(18)7-6-10-5-4-8-23-10/h4-5,8,13-14H,6-7,9H2,1-3H3. The summed E-state index contributed by atoms with van der Waals surface area (Å²) < 4.78 is 9.82. The molecule has 1 aromatic heterocycles. The molecule has 2 rings (SSSR count). The normalized spacial score (nSPS) is 23.6. The molecular weight excluding hydrogens is 300 g/mol. The number of rotatable bonds is 5. The first-order chi connectivity index (χ1) is 10.8. The van der Waals surface area contributed by atoms with Gasteiger partial charge in [-0.2, -0.15) is 0 Å². The molecule has 0 N–H and O–H groups in total. The minimum atomic E-state index is -1.37. The van der Waals surface area contributed by atoms with Crippen LogP contribution in [0.1, 0.15) is 32.4 Å². The number of furan rings is 1. The average Bonchev–Trinajstić information content (AvgIpc) is 2.96. The van der Waals surface area contributed by atoms with Crippen LogP contribution in [0.15, 0.2) is 22.8 Å². The van der Waals surface area contributed by atoms with Crippen LogP contribution in [0.2, 0.25) is 0 Å². The number of hydrogen-bond acceptors (Lipinski definition) is 6. The molecule has 0 bridgehead atoms. The van der Waals surface area contributed by atoms with Crippen molar-refractivity contribution in [1.29, 1.82) is 0 Å². The summed E-state index contributed by atoms with van der Waals surface area (Å²) in [6, 6.07) is 3.42. The number of carbonyl (C=O) groups excluding carboxylic acids is 4.